The molecular formula is C15H15BrN2. The average Bonchev–Trinajstić information content (AvgIpc) is 2.37. The van der Waals surface area contributed by atoms with E-state index in [1.807, 2.05) is 37.5 Å². The minimum Gasteiger partial charge on any atom is -0.346 e. The van der Waals surface area contributed by atoms with Crippen LogP contribution in [0.2, 0.25) is 0 Å². The zero-order valence-corrected chi connectivity index (χ0v) is 12.0. The second kappa shape index (κ2) is 5.83. The van der Waals surface area contributed by atoms with Gasteiger partial charge in [-0.1, -0.05) is 35.9 Å². The number of aromatic nitrogens is 1. The third-order valence-electron chi connectivity index (χ3n) is 2.61. The molecule has 0 saturated heterocycles. The highest BCUT2D eigenvalue weighted by atomic mass is 79.9. The Hall–Kier alpha value is -1.61. The molecule has 0 atom stereocenters. The summed E-state index contributed by atoms with van der Waals surface area (Å²) in [6.45, 7) is 4.08. The van der Waals surface area contributed by atoms with Gasteiger partial charge in [-0.15, -0.1) is 0 Å². The standard InChI is InChI=1S/C15H15BrN2/c1-3-4-5-8-17-15-12-7-6-11(2)9-13(12)14(16)10-18-15/h3-10H,1-2H3,(H,17,18)/b4-3-,8-5-. The Morgan fingerprint density at radius 3 is 2.83 bits per heavy atom. The molecule has 2 nitrogen and oxygen atoms in total. The highest BCUT2D eigenvalue weighted by Crippen LogP contribution is 2.28. The van der Waals surface area contributed by atoms with Gasteiger partial charge in [0.25, 0.3) is 0 Å². The van der Waals surface area contributed by atoms with E-state index in [-0.39, 0.29) is 0 Å². The highest BCUT2D eigenvalue weighted by Gasteiger charge is 2.04. The molecular weight excluding hydrogens is 288 g/mol. The van der Waals surface area contributed by atoms with Crippen LogP contribution in [0.1, 0.15) is 12.5 Å². The summed E-state index contributed by atoms with van der Waals surface area (Å²) in [5.41, 5.74) is 1.24. The van der Waals surface area contributed by atoms with Crippen LogP contribution in [0, 0.1) is 6.92 Å². The molecule has 0 aliphatic rings. The van der Waals surface area contributed by atoms with Gasteiger partial charge in [0.15, 0.2) is 0 Å². The van der Waals surface area contributed by atoms with Gasteiger partial charge in [0.05, 0.1) is 0 Å². The Labute approximate surface area is 116 Å². The molecule has 0 saturated carbocycles. The zero-order valence-electron chi connectivity index (χ0n) is 10.4. The van der Waals surface area contributed by atoms with Gasteiger partial charge in [-0.2, -0.15) is 0 Å². The number of benzene rings is 1. The van der Waals surface area contributed by atoms with Gasteiger partial charge in [0, 0.05) is 27.6 Å². The molecule has 0 unspecified atom stereocenters. The average molecular weight is 303 g/mol. The third-order valence-corrected chi connectivity index (χ3v) is 3.25. The lowest BCUT2D eigenvalue weighted by atomic mass is 10.1. The number of anilines is 1. The number of nitrogens with zero attached hydrogens (tertiary/aromatic N) is 1. The van der Waals surface area contributed by atoms with Crippen molar-refractivity contribution in [3.05, 3.63) is 58.9 Å². The number of rotatable bonds is 3. The summed E-state index contributed by atoms with van der Waals surface area (Å²) in [7, 11) is 0. The molecule has 1 N–H and O–H groups in total. The zero-order chi connectivity index (χ0) is 13.0. The Morgan fingerprint density at radius 1 is 1.22 bits per heavy atom. The molecule has 1 heterocycles. The normalized spacial score (nSPS) is 11.7. The predicted octanol–water partition coefficient (Wildman–Crippen LogP) is 4.81. The molecule has 0 spiro atoms. The number of aryl methyl sites for hydroxylation is 1. The summed E-state index contributed by atoms with van der Waals surface area (Å²) in [6, 6.07) is 6.34. The summed E-state index contributed by atoms with van der Waals surface area (Å²) >= 11 is 3.54. The smallest absolute Gasteiger partial charge is 0.137 e. The predicted molar refractivity (Wildman–Crippen MR) is 81.8 cm³/mol. The van der Waals surface area contributed by atoms with E-state index in [1.54, 1.807) is 0 Å². The number of nitrogens with one attached hydrogen (secondary N) is 1. The summed E-state index contributed by atoms with van der Waals surface area (Å²) in [5.74, 6) is 0.869. The maximum absolute atomic E-state index is 4.40. The molecule has 0 fully saturated rings. The van der Waals surface area contributed by atoms with Crippen LogP contribution < -0.4 is 5.32 Å². The van der Waals surface area contributed by atoms with Gasteiger partial charge in [-0.25, -0.2) is 4.98 Å². The molecule has 92 valence electrons. The Bertz CT molecular complexity index is 615. The van der Waals surface area contributed by atoms with E-state index in [1.165, 1.54) is 10.9 Å². The van der Waals surface area contributed by atoms with Gasteiger partial charge < -0.3 is 5.32 Å². The van der Waals surface area contributed by atoms with Crippen molar-refractivity contribution in [3.8, 4) is 0 Å². The van der Waals surface area contributed by atoms with Crippen molar-refractivity contribution in [1.29, 1.82) is 0 Å². The molecule has 0 aliphatic carbocycles. The summed E-state index contributed by atoms with van der Waals surface area (Å²) in [4.78, 5) is 4.40. The fourth-order valence-corrected chi connectivity index (χ4v) is 2.16. The molecule has 0 bridgehead atoms. The van der Waals surface area contributed by atoms with Crippen molar-refractivity contribution in [2.24, 2.45) is 0 Å². The molecule has 0 radical (unpaired) electrons. The number of halogens is 1. The monoisotopic (exact) mass is 302 g/mol. The molecule has 18 heavy (non-hydrogen) atoms. The molecule has 3 heteroatoms. The van der Waals surface area contributed by atoms with Crippen LogP contribution in [0.3, 0.4) is 0 Å². The number of pyridine rings is 1. The minimum atomic E-state index is 0.869. The maximum atomic E-state index is 4.40. The molecule has 2 aromatic rings. The number of allylic oxidation sites excluding steroid dienone is 3. The van der Waals surface area contributed by atoms with Crippen LogP contribution in [-0.2, 0) is 0 Å². The molecule has 1 aromatic carbocycles. The number of fused-ring (bicyclic) bond motifs is 1. The van der Waals surface area contributed by atoms with Crippen LogP contribution in [0.25, 0.3) is 10.8 Å². The number of hydrogen-bond donors (Lipinski definition) is 1. The van der Waals surface area contributed by atoms with E-state index in [0.29, 0.717) is 0 Å². The topological polar surface area (TPSA) is 24.9 Å². The maximum Gasteiger partial charge on any atom is 0.137 e. The van der Waals surface area contributed by atoms with Crippen LogP contribution >= 0.6 is 15.9 Å². The summed E-state index contributed by atoms with van der Waals surface area (Å²) < 4.78 is 1.02. The van der Waals surface area contributed by atoms with Crippen LogP contribution in [0.5, 0.6) is 0 Å². The van der Waals surface area contributed by atoms with Gasteiger partial charge in [-0.3, -0.25) is 0 Å². The van der Waals surface area contributed by atoms with Crippen molar-refractivity contribution >= 4 is 32.5 Å². The van der Waals surface area contributed by atoms with Gasteiger partial charge in [0.1, 0.15) is 5.82 Å². The third kappa shape index (κ3) is 2.79. The van der Waals surface area contributed by atoms with Gasteiger partial charge >= 0.3 is 0 Å². The quantitative estimate of drug-likeness (QED) is 0.823. The largest absolute Gasteiger partial charge is 0.346 e. The van der Waals surface area contributed by atoms with Crippen molar-refractivity contribution in [1.82, 2.24) is 4.98 Å². The lowest BCUT2D eigenvalue weighted by Gasteiger charge is -2.07. The van der Waals surface area contributed by atoms with Crippen molar-refractivity contribution in [3.63, 3.8) is 0 Å². The van der Waals surface area contributed by atoms with E-state index in [4.69, 9.17) is 0 Å². The minimum absolute atomic E-state index is 0.869. The SMILES string of the molecule is C/C=C\C=C/Nc1ncc(Br)c2cc(C)ccc12. The first-order valence-electron chi connectivity index (χ1n) is 5.81. The van der Waals surface area contributed by atoms with E-state index < -0.39 is 0 Å². The van der Waals surface area contributed by atoms with Gasteiger partial charge in [-0.05, 0) is 35.9 Å². The Balaban J connectivity index is 2.43. The van der Waals surface area contributed by atoms with E-state index in [0.717, 1.165) is 15.7 Å². The van der Waals surface area contributed by atoms with Crippen molar-refractivity contribution in [2.75, 3.05) is 5.32 Å². The first kappa shape index (κ1) is 12.8. The fraction of sp³-hybridized carbons (Fsp3) is 0.133. The summed E-state index contributed by atoms with van der Waals surface area (Å²) in [5, 5.41) is 5.49. The Kier molecular flexibility index (Phi) is 4.15. The first-order valence-corrected chi connectivity index (χ1v) is 6.61. The number of hydrogen-bond acceptors (Lipinski definition) is 2. The Morgan fingerprint density at radius 2 is 2.06 bits per heavy atom. The first-order chi connectivity index (χ1) is 8.72. The van der Waals surface area contributed by atoms with E-state index in [9.17, 15) is 0 Å². The molecule has 1 aromatic heterocycles. The van der Waals surface area contributed by atoms with E-state index >= 15 is 0 Å². The van der Waals surface area contributed by atoms with Crippen LogP contribution in [-0.4, -0.2) is 4.98 Å². The van der Waals surface area contributed by atoms with E-state index in [2.05, 4.69) is 51.4 Å². The highest BCUT2D eigenvalue weighted by molar-refractivity contribution is 9.10. The lowest BCUT2D eigenvalue weighted by molar-refractivity contribution is 1.32. The molecule has 0 aliphatic heterocycles. The lowest BCUT2D eigenvalue weighted by Crippen LogP contribution is -1.93. The van der Waals surface area contributed by atoms with Gasteiger partial charge in [0.2, 0.25) is 0 Å². The van der Waals surface area contributed by atoms with Crippen LogP contribution in [0.15, 0.2) is 53.3 Å². The van der Waals surface area contributed by atoms with Crippen molar-refractivity contribution in [2.45, 2.75) is 13.8 Å². The second-order valence-electron chi connectivity index (χ2n) is 4.03. The molecule has 2 rings (SSSR count). The van der Waals surface area contributed by atoms with Crippen molar-refractivity contribution < 1.29 is 0 Å². The molecule has 0 amide bonds. The second-order valence-corrected chi connectivity index (χ2v) is 4.89. The summed E-state index contributed by atoms with van der Waals surface area (Å²) in [6.07, 6.45) is 9.61. The van der Waals surface area contributed by atoms with Crippen LogP contribution in [0.4, 0.5) is 5.82 Å². The fourth-order valence-electron chi connectivity index (χ4n) is 1.73.